The zero-order chi connectivity index (χ0) is 28.8. The van der Waals surface area contributed by atoms with Crippen LogP contribution in [0, 0.1) is 0 Å². The summed E-state index contributed by atoms with van der Waals surface area (Å²) in [6, 6.07) is 0. The number of rotatable bonds is 20. The van der Waals surface area contributed by atoms with E-state index in [0.717, 1.165) is 6.08 Å². The maximum atomic E-state index is 11.3. The maximum absolute atomic E-state index is 11.3. The van der Waals surface area contributed by atoms with Crippen LogP contribution >= 0.6 is 0 Å². The van der Waals surface area contributed by atoms with Crippen LogP contribution in [0.25, 0.3) is 0 Å². The van der Waals surface area contributed by atoms with Gasteiger partial charge in [-0.25, -0.2) is 9.59 Å². The predicted octanol–water partition coefficient (Wildman–Crippen LogP) is 3.51. The molecule has 0 aromatic heterocycles. The van der Waals surface area contributed by atoms with Crippen LogP contribution < -0.4 is 0 Å². The van der Waals surface area contributed by atoms with Gasteiger partial charge in [-0.3, -0.25) is 0 Å². The van der Waals surface area contributed by atoms with Crippen molar-refractivity contribution in [1.82, 2.24) is 0 Å². The van der Waals surface area contributed by atoms with Gasteiger partial charge in [0.05, 0.1) is 64.1 Å². The molecule has 0 fully saturated rings. The average molecular weight is 535 g/mol. The van der Waals surface area contributed by atoms with E-state index in [9.17, 15) is 9.59 Å². The molecule has 10 nitrogen and oxygen atoms in total. The number of hydrogen-bond acceptors (Lipinski definition) is 10. The Morgan fingerprint density at radius 2 is 0.946 bits per heavy atom. The van der Waals surface area contributed by atoms with Gasteiger partial charge in [0, 0.05) is 25.9 Å². The molecule has 0 saturated carbocycles. The third-order valence-electron chi connectivity index (χ3n) is 4.41. The van der Waals surface area contributed by atoms with Crippen molar-refractivity contribution in [3.05, 3.63) is 24.8 Å². The quantitative estimate of drug-likeness (QED) is 0.170. The van der Waals surface area contributed by atoms with Crippen LogP contribution in [0.1, 0.15) is 48.5 Å². The van der Waals surface area contributed by atoms with Crippen molar-refractivity contribution in [3.8, 4) is 0 Å². The average Bonchev–Trinajstić information content (AvgIpc) is 2.84. The molecule has 0 aliphatic carbocycles. The Morgan fingerprint density at radius 3 is 1.27 bits per heavy atom. The lowest BCUT2D eigenvalue weighted by atomic mass is 10.3. The Labute approximate surface area is 223 Å². The molecule has 6 atom stereocenters. The van der Waals surface area contributed by atoms with E-state index in [4.69, 9.17) is 37.9 Å². The largest absolute Gasteiger partial charge is 0.457 e. The molecule has 0 bridgehead atoms. The normalized spacial score (nSPS) is 15.7. The van der Waals surface area contributed by atoms with Crippen LogP contribution in [-0.4, -0.2) is 102 Å². The molecule has 0 heterocycles. The van der Waals surface area contributed by atoms with E-state index in [1.807, 2.05) is 27.7 Å². The highest BCUT2D eigenvalue weighted by atomic mass is 16.6. The molecule has 0 spiro atoms. The lowest BCUT2D eigenvalue weighted by molar-refractivity contribution is -0.148. The molecule has 0 aliphatic heterocycles. The summed E-state index contributed by atoms with van der Waals surface area (Å²) in [4.78, 5) is 22.2. The first-order valence-corrected chi connectivity index (χ1v) is 12.5. The van der Waals surface area contributed by atoms with Gasteiger partial charge in [0.2, 0.25) is 0 Å². The number of ether oxygens (including phenoxy) is 8. The Bertz CT molecular complexity index is 624. The maximum Gasteiger partial charge on any atom is 0.333 e. The lowest BCUT2D eigenvalue weighted by Crippen LogP contribution is -2.27. The minimum atomic E-state index is -0.441. The van der Waals surface area contributed by atoms with Crippen LogP contribution in [0.4, 0.5) is 0 Å². The summed E-state index contributed by atoms with van der Waals surface area (Å²) in [6.45, 7) is 22.4. The van der Waals surface area contributed by atoms with Crippen LogP contribution in [0.2, 0.25) is 0 Å². The first-order valence-electron chi connectivity index (χ1n) is 12.5. The Kier molecular flexibility index (Phi) is 23.5. The van der Waals surface area contributed by atoms with Crippen molar-refractivity contribution < 1.29 is 47.5 Å². The lowest BCUT2D eigenvalue weighted by Gasteiger charge is -2.19. The number of methoxy groups -OCH3 is 2. The Hall–Kier alpha value is -1.82. The fourth-order valence-corrected chi connectivity index (χ4v) is 2.46. The molecule has 0 aromatic rings. The summed E-state index contributed by atoms with van der Waals surface area (Å²) in [5, 5.41) is 0. The van der Waals surface area contributed by atoms with Crippen LogP contribution in [0.3, 0.4) is 0 Å². The molecule has 0 aliphatic rings. The van der Waals surface area contributed by atoms with Gasteiger partial charge in [0.1, 0.15) is 12.2 Å². The van der Waals surface area contributed by atoms with Gasteiger partial charge < -0.3 is 37.9 Å². The highest BCUT2D eigenvalue weighted by Crippen LogP contribution is 2.03. The van der Waals surface area contributed by atoms with Gasteiger partial charge in [0.15, 0.2) is 0 Å². The van der Waals surface area contributed by atoms with E-state index in [0.29, 0.717) is 45.2 Å². The van der Waals surface area contributed by atoms with Gasteiger partial charge in [-0.05, 0) is 48.5 Å². The van der Waals surface area contributed by atoms with E-state index < -0.39 is 11.9 Å². The molecule has 0 radical (unpaired) electrons. The van der Waals surface area contributed by atoms with Crippen LogP contribution in [0.15, 0.2) is 24.8 Å². The molecule has 6 unspecified atom stereocenters. The molecule has 218 valence electrons. The molecule has 0 amide bonds. The van der Waals surface area contributed by atoms with Crippen LogP contribution in [-0.2, 0) is 47.5 Å². The minimum absolute atomic E-state index is 0.0368. The van der Waals surface area contributed by atoms with Crippen molar-refractivity contribution in [2.24, 2.45) is 0 Å². The number of esters is 2. The van der Waals surface area contributed by atoms with Crippen molar-refractivity contribution in [2.75, 3.05) is 53.9 Å². The van der Waals surface area contributed by atoms with Crippen molar-refractivity contribution in [1.29, 1.82) is 0 Å². The molecule has 0 N–H and O–H groups in total. The molecule has 10 heteroatoms. The number of carbonyl (C=O) groups is 2. The van der Waals surface area contributed by atoms with E-state index >= 15 is 0 Å². The SMILES string of the molecule is C=C(C)C(=O)OC(C)COC(C)COC(C)COC.C=CC(=O)OC(C)COC(C)COC(C)COC. The van der Waals surface area contributed by atoms with Gasteiger partial charge in [-0.15, -0.1) is 0 Å². The molecule has 0 saturated heterocycles. The van der Waals surface area contributed by atoms with E-state index in [1.165, 1.54) is 0 Å². The summed E-state index contributed by atoms with van der Waals surface area (Å²) in [6.07, 6.45) is 0.485. The highest BCUT2D eigenvalue weighted by Gasteiger charge is 2.13. The fourth-order valence-electron chi connectivity index (χ4n) is 2.46. The van der Waals surface area contributed by atoms with E-state index in [-0.39, 0.29) is 36.6 Å². The fraction of sp³-hybridized carbons (Fsp3) is 0.778. The Morgan fingerprint density at radius 1 is 0.622 bits per heavy atom. The van der Waals surface area contributed by atoms with E-state index in [1.54, 1.807) is 35.0 Å². The second-order valence-corrected chi connectivity index (χ2v) is 8.93. The topological polar surface area (TPSA) is 108 Å². The second-order valence-electron chi connectivity index (χ2n) is 8.93. The van der Waals surface area contributed by atoms with E-state index in [2.05, 4.69) is 13.2 Å². The van der Waals surface area contributed by atoms with Gasteiger partial charge >= 0.3 is 11.9 Å². The molecule has 0 aromatic carbocycles. The third-order valence-corrected chi connectivity index (χ3v) is 4.41. The molecule has 0 rings (SSSR count). The minimum Gasteiger partial charge on any atom is -0.457 e. The second kappa shape index (κ2) is 23.3. The highest BCUT2D eigenvalue weighted by molar-refractivity contribution is 5.87. The first-order chi connectivity index (χ1) is 17.4. The summed E-state index contributed by atoms with van der Waals surface area (Å²) in [5.41, 5.74) is 0.386. The standard InChI is InChI=1S/C14H26O5.C13H24O5/c1-10(2)14(15)19-13(5)9-18-12(4)8-17-11(3)7-16-6;1-6-13(14)18-12(4)9-17-11(3)8-16-10(2)7-15-5/h11-13H,1,7-9H2,2-6H3;6,10-12H,1,7-9H2,2-5H3. The summed E-state index contributed by atoms with van der Waals surface area (Å²) in [5.74, 6) is -0.836. The zero-order valence-electron chi connectivity index (χ0n) is 24.3. The number of hydrogen-bond donors (Lipinski definition) is 0. The molecular formula is C27H50O10. The predicted molar refractivity (Wildman–Crippen MR) is 142 cm³/mol. The molecule has 37 heavy (non-hydrogen) atoms. The van der Waals surface area contributed by atoms with Gasteiger partial charge in [0.25, 0.3) is 0 Å². The summed E-state index contributed by atoms with van der Waals surface area (Å²) >= 11 is 0. The van der Waals surface area contributed by atoms with Crippen molar-refractivity contribution in [2.45, 2.75) is 85.1 Å². The van der Waals surface area contributed by atoms with Crippen molar-refractivity contribution in [3.63, 3.8) is 0 Å². The third kappa shape index (κ3) is 24.3. The summed E-state index contributed by atoms with van der Waals surface area (Å²) < 4.78 is 42.1. The number of carbonyl (C=O) groups excluding carboxylic acids is 2. The smallest absolute Gasteiger partial charge is 0.333 e. The van der Waals surface area contributed by atoms with Crippen LogP contribution in [0.5, 0.6) is 0 Å². The van der Waals surface area contributed by atoms with Gasteiger partial charge in [-0.1, -0.05) is 13.2 Å². The molecular weight excluding hydrogens is 484 g/mol. The van der Waals surface area contributed by atoms with Crippen molar-refractivity contribution >= 4 is 11.9 Å². The summed E-state index contributed by atoms with van der Waals surface area (Å²) in [7, 11) is 3.27. The first kappa shape index (κ1) is 37.3. The monoisotopic (exact) mass is 534 g/mol. The van der Waals surface area contributed by atoms with Gasteiger partial charge in [-0.2, -0.15) is 0 Å². The Balaban J connectivity index is 0. The zero-order valence-corrected chi connectivity index (χ0v) is 24.3.